The topological polar surface area (TPSA) is 104 Å². The number of nitrogens with zero attached hydrogens (tertiary/aromatic N) is 2. The Bertz CT molecular complexity index is 741. The first-order valence-electron chi connectivity index (χ1n) is 6.75. The van der Waals surface area contributed by atoms with E-state index in [4.69, 9.17) is 13.9 Å². The fraction of sp³-hybridized carbons (Fsp3) is 0.200. The highest BCUT2D eigenvalue weighted by Crippen LogP contribution is 2.23. The quantitative estimate of drug-likeness (QED) is 0.520. The van der Waals surface area contributed by atoms with Crippen LogP contribution in [0.15, 0.2) is 46.8 Å². The van der Waals surface area contributed by atoms with Gasteiger partial charge < -0.3 is 19.2 Å². The Balaban J connectivity index is 1.72. The molecule has 8 nitrogen and oxygen atoms in total. The molecule has 1 N–H and O–H groups in total. The number of ether oxygens (including phenoxy) is 2. The lowest BCUT2D eigenvalue weighted by Gasteiger charge is -2.29. The molecule has 1 saturated heterocycles. The number of esters is 2. The van der Waals surface area contributed by atoms with E-state index >= 15 is 0 Å². The summed E-state index contributed by atoms with van der Waals surface area (Å²) in [5.41, 5.74) is 1.20. The maximum Gasteiger partial charge on any atom is 0.350 e. The molecule has 1 aromatic carbocycles. The number of nitrogens with one attached hydrogen (secondary N) is 1. The molecule has 0 atom stereocenters. The monoisotopic (exact) mass is 315 g/mol. The molecule has 0 saturated carbocycles. The van der Waals surface area contributed by atoms with Crippen molar-refractivity contribution >= 4 is 17.6 Å². The van der Waals surface area contributed by atoms with Crippen molar-refractivity contribution in [2.75, 3.05) is 5.32 Å². The van der Waals surface area contributed by atoms with E-state index in [9.17, 15) is 9.59 Å². The van der Waals surface area contributed by atoms with Crippen molar-refractivity contribution in [2.24, 2.45) is 0 Å². The molecule has 0 aliphatic carbocycles. The van der Waals surface area contributed by atoms with E-state index < -0.39 is 17.7 Å². The number of anilines is 1. The van der Waals surface area contributed by atoms with Crippen molar-refractivity contribution < 1.29 is 23.5 Å². The van der Waals surface area contributed by atoms with Gasteiger partial charge in [0, 0.05) is 31.3 Å². The van der Waals surface area contributed by atoms with E-state index in [1.165, 1.54) is 26.4 Å². The molecular weight excluding hydrogens is 302 g/mol. The number of carbonyl (C=O) groups is 2. The highest BCUT2D eigenvalue weighted by molar-refractivity contribution is 6.15. The van der Waals surface area contributed by atoms with Gasteiger partial charge in [-0.15, -0.1) is 10.2 Å². The molecule has 0 bridgehead atoms. The molecule has 0 radical (unpaired) electrons. The van der Waals surface area contributed by atoms with Gasteiger partial charge in [-0.2, -0.15) is 0 Å². The SMILES string of the molecule is CC1(C)OC(=O)C(=CNc2ccc(-c3nnco3)cc2)C(=O)O1. The van der Waals surface area contributed by atoms with Crippen molar-refractivity contribution in [3.63, 3.8) is 0 Å². The van der Waals surface area contributed by atoms with Gasteiger partial charge in [0.25, 0.3) is 5.79 Å². The summed E-state index contributed by atoms with van der Waals surface area (Å²) in [4.78, 5) is 23.6. The van der Waals surface area contributed by atoms with Gasteiger partial charge in [-0.05, 0) is 24.3 Å². The van der Waals surface area contributed by atoms with Gasteiger partial charge in [-0.3, -0.25) is 0 Å². The highest BCUT2D eigenvalue weighted by Gasteiger charge is 2.38. The lowest BCUT2D eigenvalue weighted by Crippen LogP contribution is -2.42. The fourth-order valence-corrected chi connectivity index (χ4v) is 1.94. The molecule has 2 aromatic rings. The average molecular weight is 315 g/mol. The maximum atomic E-state index is 11.8. The minimum Gasteiger partial charge on any atom is -0.423 e. The maximum absolute atomic E-state index is 11.8. The van der Waals surface area contributed by atoms with Gasteiger partial charge in [-0.1, -0.05) is 0 Å². The second-order valence-electron chi connectivity index (χ2n) is 5.20. The summed E-state index contributed by atoms with van der Waals surface area (Å²) in [6, 6.07) is 6.99. The Morgan fingerprint density at radius 1 is 1.09 bits per heavy atom. The number of benzene rings is 1. The minimum atomic E-state index is -1.25. The second kappa shape index (κ2) is 5.56. The van der Waals surface area contributed by atoms with Crippen molar-refractivity contribution in [1.29, 1.82) is 0 Å². The zero-order chi connectivity index (χ0) is 16.4. The van der Waals surface area contributed by atoms with Crippen LogP contribution in [0.3, 0.4) is 0 Å². The fourth-order valence-electron chi connectivity index (χ4n) is 1.94. The van der Waals surface area contributed by atoms with Crippen LogP contribution in [-0.2, 0) is 19.1 Å². The van der Waals surface area contributed by atoms with Crippen LogP contribution in [0, 0.1) is 0 Å². The third-order valence-corrected chi connectivity index (χ3v) is 2.99. The normalized spacial score (nSPS) is 16.5. The first-order chi connectivity index (χ1) is 10.9. The van der Waals surface area contributed by atoms with Gasteiger partial charge in [-0.25, -0.2) is 9.59 Å². The molecule has 0 spiro atoms. The number of rotatable bonds is 3. The molecule has 0 amide bonds. The molecule has 118 valence electrons. The predicted molar refractivity (Wildman–Crippen MR) is 77.7 cm³/mol. The molecular formula is C15H13N3O5. The molecule has 1 aliphatic heterocycles. The summed E-state index contributed by atoms with van der Waals surface area (Å²) < 4.78 is 15.1. The van der Waals surface area contributed by atoms with Gasteiger partial charge in [0.1, 0.15) is 0 Å². The van der Waals surface area contributed by atoms with E-state index in [1.54, 1.807) is 24.3 Å². The second-order valence-corrected chi connectivity index (χ2v) is 5.20. The summed E-state index contributed by atoms with van der Waals surface area (Å²) in [6.07, 6.45) is 2.50. The van der Waals surface area contributed by atoms with Crippen LogP contribution in [0.1, 0.15) is 13.8 Å². The number of aromatic nitrogens is 2. The smallest absolute Gasteiger partial charge is 0.350 e. The van der Waals surface area contributed by atoms with Crippen LogP contribution in [-0.4, -0.2) is 27.9 Å². The summed E-state index contributed by atoms with van der Waals surface area (Å²) in [6.45, 7) is 2.98. The molecule has 0 unspecified atom stereocenters. The van der Waals surface area contributed by atoms with Gasteiger partial charge in [0.05, 0.1) is 0 Å². The highest BCUT2D eigenvalue weighted by atomic mass is 16.7. The summed E-state index contributed by atoms with van der Waals surface area (Å²) in [5, 5.41) is 10.2. The first kappa shape index (κ1) is 14.8. The summed E-state index contributed by atoms with van der Waals surface area (Å²) in [5.74, 6) is -2.32. The van der Waals surface area contributed by atoms with Crippen molar-refractivity contribution in [3.05, 3.63) is 42.4 Å². The Morgan fingerprint density at radius 2 is 1.74 bits per heavy atom. The Labute approximate surface area is 131 Å². The van der Waals surface area contributed by atoms with Crippen LogP contribution in [0.5, 0.6) is 0 Å². The molecule has 1 fully saturated rings. The molecule has 1 aliphatic rings. The van der Waals surface area contributed by atoms with Crippen LogP contribution < -0.4 is 5.32 Å². The average Bonchev–Trinajstić information content (AvgIpc) is 3.00. The number of hydrogen-bond donors (Lipinski definition) is 1. The zero-order valence-electron chi connectivity index (χ0n) is 12.4. The van der Waals surface area contributed by atoms with E-state index in [2.05, 4.69) is 15.5 Å². The lowest BCUT2D eigenvalue weighted by molar-refractivity contribution is -0.222. The van der Waals surface area contributed by atoms with E-state index in [0.717, 1.165) is 5.56 Å². The largest absolute Gasteiger partial charge is 0.423 e. The van der Waals surface area contributed by atoms with Crippen molar-refractivity contribution in [1.82, 2.24) is 10.2 Å². The number of hydrogen-bond acceptors (Lipinski definition) is 8. The van der Waals surface area contributed by atoms with E-state index in [1.807, 2.05) is 0 Å². The molecule has 1 aromatic heterocycles. The van der Waals surface area contributed by atoms with Gasteiger partial charge in [0.15, 0.2) is 5.57 Å². The molecule has 2 heterocycles. The number of carbonyl (C=O) groups excluding carboxylic acids is 2. The predicted octanol–water partition coefficient (Wildman–Crippen LogP) is 1.87. The van der Waals surface area contributed by atoms with Crippen molar-refractivity contribution in [3.8, 4) is 11.5 Å². The summed E-state index contributed by atoms with van der Waals surface area (Å²) in [7, 11) is 0. The third kappa shape index (κ3) is 3.20. The Morgan fingerprint density at radius 3 is 2.30 bits per heavy atom. The van der Waals surface area contributed by atoms with Crippen LogP contribution in [0.4, 0.5) is 5.69 Å². The lowest BCUT2D eigenvalue weighted by atomic mass is 10.2. The standard InChI is InChI=1S/C15H13N3O5/c1-15(2)22-13(19)11(14(20)23-15)7-16-10-5-3-9(4-6-10)12-18-17-8-21-12/h3-8,16H,1-2H3. The zero-order valence-corrected chi connectivity index (χ0v) is 12.4. The minimum absolute atomic E-state index is 0.203. The van der Waals surface area contributed by atoms with Crippen molar-refractivity contribution in [2.45, 2.75) is 19.6 Å². The van der Waals surface area contributed by atoms with E-state index in [-0.39, 0.29) is 5.57 Å². The van der Waals surface area contributed by atoms with Gasteiger partial charge >= 0.3 is 11.9 Å². The molecule has 3 rings (SSSR count). The third-order valence-electron chi connectivity index (χ3n) is 2.99. The van der Waals surface area contributed by atoms with Crippen LogP contribution in [0.2, 0.25) is 0 Å². The van der Waals surface area contributed by atoms with Crippen LogP contribution in [0.25, 0.3) is 11.5 Å². The first-order valence-corrected chi connectivity index (χ1v) is 6.75. The molecule has 8 heteroatoms. The van der Waals surface area contributed by atoms with Crippen LogP contribution >= 0.6 is 0 Å². The number of cyclic esters (lactones) is 2. The Hall–Kier alpha value is -3.16. The Kier molecular flexibility index (Phi) is 3.57. The molecule has 23 heavy (non-hydrogen) atoms. The summed E-state index contributed by atoms with van der Waals surface area (Å²) >= 11 is 0. The van der Waals surface area contributed by atoms with E-state index in [0.29, 0.717) is 11.6 Å². The van der Waals surface area contributed by atoms with Gasteiger partial charge in [0.2, 0.25) is 12.3 Å².